The molecule has 0 bridgehead atoms. The van der Waals surface area contributed by atoms with Crippen LogP contribution in [0.5, 0.6) is 0 Å². The molecule has 1 heterocycles. The SMILES string of the molecule is C=C1C[C@H](CCc2ccccc2)O[C@H](CC(O)C(C)C)C1. The van der Waals surface area contributed by atoms with E-state index in [0.29, 0.717) is 0 Å². The molecule has 0 radical (unpaired) electrons. The number of hydrogen-bond acceptors (Lipinski definition) is 2. The van der Waals surface area contributed by atoms with Crippen LogP contribution in [0, 0.1) is 5.92 Å². The molecule has 1 saturated heterocycles. The molecule has 2 heteroatoms. The smallest absolute Gasteiger partial charge is 0.0640 e. The van der Waals surface area contributed by atoms with E-state index >= 15 is 0 Å². The molecule has 0 spiro atoms. The molecular formula is C19H28O2. The van der Waals surface area contributed by atoms with E-state index in [-0.39, 0.29) is 24.2 Å². The van der Waals surface area contributed by atoms with E-state index in [0.717, 1.165) is 32.1 Å². The van der Waals surface area contributed by atoms with Gasteiger partial charge in [-0.1, -0.05) is 56.3 Å². The third-order valence-electron chi connectivity index (χ3n) is 4.29. The first-order valence-corrected chi connectivity index (χ1v) is 8.08. The van der Waals surface area contributed by atoms with Crippen LogP contribution in [0.4, 0.5) is 0 Å². The number of rotatable bonds is 6. The molecule has 1 aliphatic rings. The van der Waals surface area contributed by atoms with Crippen molar-refractivity contribution in [2.24, 2.45) is 5.92 Å². The van der Waals surface area contributed by atoms with Gasteiger partial charge < -0.3 is 9.84 Å². The predicted octanol–water partition coefficient (Wildman–Crippen LogP) is 4.13. The maximum Gasteiger partial charge on any atom is 0.0640 e. The molecule has 2 rings (SSSR count). The fourth-order valence-electron chi connectivity index (χ4n) is 2.92. The molecule has 1 fully saturated rings. The largest absolute Gasteiger partial charge is 0.393 e. The van der Waals surface area contributed by atoms with Crippen molar-refractivity contribution < 1.29 is 9.84 Å². The van der Waals surface area contributed by atoms with Gasteiger partial charge in [-0.15, -0.1) is 0 Å². The van der Waals surface area contributed by atoms with Crippen LogP contribution < -0.4 is 0 Å². The van der Waals surface area contributed by atoms with E-state index in [9.17, 15) is 5.11 Å². The topological polar surface area (TPSA) is 29.5 Å². The summed E-state index contributed by atoms with van der Waals surface area (Å²) in [6.45, 7) is 8.26. The summed E-state index contributed by atoms with van der Waals surface area (Å²) in [5, 5.41) is 10.0. The summed E-state index contributed by atoms with van der Waals surface area (Å²) >= 11 is 0. The fourth-order valence-corrected chi connectivity index (χ4v) is 2.92. The second-order valence-corrected chi connectivity index (χ2v) is 6.61. The highest BCUT2D eigenvalue weighted by Crippen LogP contribution is 2.29. The predicted molar refractivity (Wildman–Crippen MR) is 87.3 cm³/mol. The van der Waals surface area contributed by atoms with Crippen molar-refractivity contribution in [3.05, 3.63) is 48.0 Å². The molecule has 0 aliphatic carbocycles. The lowest BCUT2D eigenvalue weighted by atomic mass is 9.91. The van der Waals surface area contributed by atoms with Gasteiger partial charge in [0.25, 0.3) is 0 Å². The van der Waals surface area contributed by atoms with Gasteiger partial charge >= 0.3 is 0 Å². The van der Waals surface area contributed by atoms with Gasteiger partial charge in [0.05, 0.1) is 18.3 Å². The average molecular weight is 288 g/mol. The van der Waals surface area contributed by atoms with Crippen LogP contribution in [0.15, 0.2) is 42.5 Å². The maximum atomic E-state index is 10.0. The van der Waals surface area contributed by atoms with E-state index in [1.807, 2.05) is 6.07 Å². The van der Waals surface area contributed by atoms with Crippen LogP contribution in [0.1, 0.15) is 45.1 Å². The number of hydrogen-bond donors (Lipinski definition) is 1. The molecule has 1 aliphatic heterocycles. The van der Waals surface area contributed by atoms with Crippen LogP contribution in [0.25, 0.3) is 0 Å². The second kappa shape index (κ2) is 7.77. The van der Waals surface area contributed by atoms with Gasteiger partial charge in [-0.05, 0) is 37.2 Å². The number of benzene rings is 1. The minimum Gasteiger partial charge on any atom is -0.393 e. The van der Waals surface area contributed by atoms with Gasteiger partial charge in [-0.2, -0.15) is 0 Å². The highest BCUT2D eigenvalue weighted by molar-refractivity contribution is 5.15. The molecule has 0 aromatic heterocycles. The van der Waals surface area contributed by atoms with Crippen LogP contribution in [-0.4, -0.2) is 23.4 Å². The van der Waals surface area contributed by atoms with Crippen molar-refractivity contribution >= 4 is 0 Å². The molecule has 3 atom stereocenters. The molecular weight excluding hydrogens is 260 g/mol. The normalized spacial score (nSPS) is 24.3. The highest BCUT2D eigenvalue weighted by Gasteiger charge is 2.27. The quantitative estimate of drug-likeness (QED) is 0.798. The zero-order chi connectivity index (χ0) is 15.2. The van der Waals surface area contributed by atoms with Gasteiger partial charge in [0.2, 0.25) is 0 Å². The van der Waals surface area contributed by atoms with Crippen molar-refractivity contribution in [2.75, 3.05) is 0 Å². The van der Waals surface area contributed by atoms with Gasteiger partial charge in [0.1, 0.15) is 0 Å². The first kappa shape index (κ1) is 16.3. The molecule has 21 heavy (non-hydrogen) atoms. The lowest BCUT2D eigenvalue weighted by Crippen LogP contribution is -2.33. The van der Waals surface area contributed by atoms with Crippen molar-refractivity contribution in [3.63, 3.8) is 0 Å². The van der Waals surface area contributed by atoms with Crippen LogP contribution in [0.2, 0.25) is 0 Å². The zero-order valence-corrected chi connectivity index (χ0v) is 13.3. The summed E-state index contributed by atoms with van der Waals surface area (Å²) in [5.41, 5.74) is 2.62. The average Bonchev–Trinajstić information content (AvgIpc) is 2.45. The minimum atomic E-state index is -0.282. The minimum absolute atomic E-state index is 0.129. The second-order valence-electron chi connectivity index (χ2n) is 6.61. The Balaban J connectivity index is 1.84. The Bertz CT molecular complexity index is 438. The number of ether oxygens (including phenoxy) is 1. The Morgan fingerprint density at radius 1 is 1.19 bits per heavy atom. The lowest BCUT2D eigenvalue weighted by Gasteiger charge is -2.33. The van der Waals surface area contributed by atoms with Crippen LogP contribution >= 0.6 is 0 Å². The zero-order valence-electron chi connectivity index (χ0n) is 13.3. The van der Waals surface area contributed by atoms with Crippen molar-refractivity contribution in [1.82, 2.24) is 0 Å². The van der Waals surface area contributed by atoms with E-state index in [1.165, 1.54) is 11.1 Å². The Morgan fingerprint density at radius 3 is 2.52 bits per heavy atom. The number of aliphatic hydroxyl groups is 1. The van der Waals surface area contributed by atoms with E-state index in [2.05, 4.69) is 44.7 Å². The molecule has 2 nitrogen and oxygen atoms in total. The van der Waals surface area contributed by atoms with Gasteiger partial charge in [0.15, 0.2) is 0 Å². The van der Waals surface area contributed by atoms with Crippen molar-refractivity contribution in [2.45, 2.75) is 64.3 Å². The Hall–Kier alpha value is -1.12. The Labute approximate surface area is 128 Å². The fraction of sp³-hybridized carbons (Fsp3) is 0.579. The summed E-state index contributed by atoms with van der Waals surface area (Å²) in [4.78, 5) is 0. The van der Waals surface area contributed by atoms with Crippen LogP contribution in [0.3, 0.4) is 0 Å². The lowest BCUT2D eigenvalue weighted by molar-refractivity contribution is -0.0603. The highest BCUT2D eigenvalue weighted by atomic mass is 16.5. The van der Waals surface area contributed by atoms with E-state index in [4.69, 9.17) is 4.74 Å². The van der Waals surface area contributed by atoms with Gasteiger partial charge in [-0.3, -0.25) is 0 Å². The van der Waals surface area contributed by atoms with Gasteiger partial charge in [-0.25, -0.2) is 0 Å². The molecule has 116 valence electrons. The Morgan fingerprint density at radius 2 is 1.86 bits per heavy atom. The molecule has 1 N–H and O–H groups in total. The van der Waals surface area contributed by atoms with Crippen LogP contribution in [-0.2, 0) is 11.2 Å². The van der Waals surface area contributed by atoms with Gasteiger partial charge in [0, 0.05) is 6.42 Å². The summed E-state index contributed by atoms with van der Waals surface area (Å²) in [5.74, 6) is 0.284. The molecule has 0 saturated carbocycles. The summed E-state index contributed by atoms with van der Waals surface area (Å²) in [7, 11) is 0. The molecule has 0 amide bonds. The monoisotopic (exact) mass is 288 g/mol. The third kappa shape index (κ3) is 5.29. The first-order chi connectivity index (χ1) is 10.0. The Kier molecular flexibility index (Phi) is 6.01. The number of aliphatic hydroxyl groups excluding tert-OH is 1. The van der Waals surface area contributed by atoms with E-state index < -0.39 is 0 Å². The summed E-state index contributed by atoms with van der Waals surface area (Å²) in [6.07, 6.45) is 4.73. The summed E-state index contributed by atoms with van der Waals surface area (Å²) in [6, 6.07) is 10.5. The summed E-state index contributed by atoms with van der Waals surface area (Å²) < 4.78 is 6.18. The standard InChI is InChI=1S/C19H28O2/c1-14(2)19(20)13-18-12-15(3)11-17(21-18)10-9-16-7-5-4-6-8-16/h4-8,14,17-20H,3,9-13H2,1-2H3/t17-,18-,19?/m0/s1. The maximum absolute atomic E-state index is 10.0. The number of aryl methyl sites for hydroxylation is 1. The molecule has 1 unspecified atom stereocenters. The molecule has 1 aromatic rings. The molecule has 1 aromatic carbocycles. The third-order valence-corrected chi connectivity index (χ3v) is 4.29. The van der Waals surface area contributed by atoms with Crippen molar-refractivity contribution in [3.8, 4) is 0 Å². The van der Waals surface area contributed by atoms with E-state index in [1.54, 1.807) is 0 Å². The first-order valence-electron chi connectivity index (χ1n) is 8.08. The van der Waals surface area contributed by atoms with Crippen molar-refractivity contribution in [1.29, 1.82) is 0 Å².